The third-order valence-corrected chi connectivity index (χ3v) is 6.11. The van der Waals surface area contributed by atoms with E-state index in [0.29, 0.717) is 24.8 Å². The molecule has 1 amide bonds. The lowest BCUT2D eigenvalue weighted by molar-refractivity contribution is -0.121. The number of nitrogens with zero attached hydrogens (tertiary/aromatic N) is 3. The number of nitrogens with one attached hydrogen (secondary N) is 1. The zero-order valence-electron chi connectivity index (χ0n) is 18.1. The number of carbonyl (C=O) groups is 1. The Morgan fingerprint density at radius 2 is 1.91 bits per heavy atom. The number of amides is 1. The molecule has 1 fully saturated rings. The van der Waals surface area contributed by atoms with Gasteiger partial charge in [-0.05, 0) is 54.8 Å². The highest BCUT2D eigenvalue weighted by molar-refractivity contribution is 5.95. The fourth-order valence-corrected chi connectivity index (χ4v) is 4.37. The van der Waals surface area contributed by atoms with Gasteiger partial charge in [0.2, 0.25) is 17.6 Å². The Morgan fingerprint density at radius 3 is 2.78 bits per heavy atom. The van der Waals surface area contributed by atoms with Gasteiger partial charge in [0.1, 0.15) is 0 Å². The molecule has 5 rings (SSSR count). The third kappa shape index (κ3) is 4.41. The minimum atomic E-state index is -0.0611. The average molecular weight is 427 g/mol. The van der Waals surface area contributed by atoms with E-state index in [9.17, 15) is 4.79 Å². The normalized spacial score (nSPS) is 16.8. The number of rotatable bonds is 5. The molecule has 1 unspecified atom stereocenters. The van der Waals surface area contributed by atoms with Crippen LogP contribution in [0.15, 0.2) is 71.3 Å². The smallest absolute Gasteiger partial charge is 0.241 e. The van der Waals surface area contributed by atoms with Crippen molar-refractivity contribution in [2.24, 2.45) is 5.92 Å². The fraction of sp³-hybridized carbons (Fsp3) is 0.269. The molecule has 32 heavy (non-hydrogen) atoms. The van der Waals surface area contributed by atoms with Crippen LogP contribution in [0.25, 0.3) is 22.2 Å². The topological polar surface area (TPSA) is 71.3 Å². The minimum Gasteiger partial charge on any atom is -0.338 e. The summed E-state index contributed by atoms with van der Waals surface area (Å²) in [6.45, 7) is 4.19. The first-order chi connectivity index (χ1) is 15.7. The largest absolute Gasteiger partial charge is 0.338 e. The molecule has 1 aromatic heterocycles. The van der Waals surface area contributed by atoms with Crippen molar-refractivity contribution in [2.45, 2.75) is 26.3 Å². The van der Waals surface area contributed by atoms with Crippen LogP contribution in [0.2, 0.25) is 0 Å². The molecule has 2 heterocycles. The number of piperidine rings is 1. The van der Waals surface area contributed by atoms with Crippen LogP contribution in [0, 0.1) is 12.8 Å². The quantitative estimate of drug-likeness (QED) is 0.484. The third-order valence-electron chi connectivity index (χ3n) is 6.11. The van der Waals surface area contributed by atoms with Crippen LogP contribution in [0.4, 0.5) is 5.69 Å². The molecule has 6 nitrogen and oxygen atoms in total. The van der Waals surface area contributed by atoms with Gasteiger partial charge in [-0.25, -0.2) is 0 Å². The SMILES string of the molecule is Cc1ccccc1-c1noc(CN2CCCC(C(=O)Nc3ccc4ccccc4c3)C2)n1. The molecule has 1 aliphatic rings. The first-order valence-corrected chi connectivity index (χ1v) is 11.1. The van der Waals surface area contributed by atoms with Crippen molar-refractivity contribution >= 4 is 22.4 Å². The Bertz CT molecular complexity index is 1250. The van der Waals surface area contributed by atoms with E-state index in [2.05, 4.69) is 32.5 Å². The van der Waals surface area contributed by atoms with Gasteiger partial charge in [-0.3, -0.25) is 9.69 Å². The lowest BCUT2D eigenvalue weighted by Gasteiger charge is -2.30. The molecule has 0 bridgehead atoms. The lowest BCUT2D eigenvalue weighted by Crippen LogP contribution is -2.40. The Balaban J connectivity index is 1.22. The van der Waals surface area contributed by atoms with Gasteiger partial charge in [-0.2, -0.15) is 4.98 Å². The molecule has 0 saturated carbocycles. The summed E-state index contributed by atoms with van der Waals surface area (Å²) < 4.78 is 5.51. The number of aromatic nitrogens is 2. The Labute approximate surface area is 187 Å². The number of benzene rings is 3. The summed E-state index contributed by atoms with van der Waals surface area (Å²) in [5, 5.41) is 9.55. The second kappa shape index (κ2) is 8.93. The van der Waals surface area contributed by atoms with Gasteiger partial charge < -0.3 is 9.84 Å². The van der Waals surface area contributed by atoms with Crippen molar-refractivity contribution in [3.05, 3.63) is 78.2 Å². The minimum absolute atomic E-state index is 0.0611. The van der Waals surface area contributed by atoms with Gasteiger partial charge in [0, 0.05) is 17.8 Å². The molecule has 4 aromatic rings. The monoisotopic (exact) mass is 426 g/mol. The predicted octanol–water partition coefficient (Wildman–Crippen LogP) is 5.05. The van der Waals surface area contributed by atoms with Crippen LogP contribution >= 0.6 is 0 Å². The van der Waals surface area contributed by atoms with E-state index < -0.39 is 0 Å². The number of hydrogen-bond acceptors (Lipinski definition) is 5. The van der Waals surface area contributed by atoms with Gasteiger partial charge in [0.05, 0.1) is 12.5 Å². The molecular formula is C26H26N4O2. The standard InChI is InChI=1S/C26H26N4O2/c1-18-7-2-5-11-23(18)25-28-24(32-29-25)17-30-14-6-10-21(16-30)26(31)27-22-13-12-19-8-3-4-9-20(19)15-22/h2-5,7-9,11-13,15,21H,6,10,14,16-17H2,1H3,(H,27,31). The summed E-state index contributed by atoms with van der Waals surface area (Å²) in [5.74, 6) is 1.20. The summed E-state index contributed by atoms with van der Waals surface area (Å²) in [5.41, 5.74) is 2.93. The number of carbonyl (C=O) groups excluding carboxylic acids is 1. The molecule has 162 valence electrons. The van der Waals surface area contributed by atoms with Crippen molar-refractivity contribution in [3.63, 3.8) is 0 Å². The van der Waals surface area contributed by atoms with E-state index in [-0.39, 0.29) is 11.8 Å². The van der Waals surface area contributed by atoms with Crippen LogP contribution < -0.4 is 5.32 Å². The maximum Gasteiger partial charge on any atom is 0.241 e. The van der Waals surface area contributed by atoms with E-state index in [4.69, 9.17) is 4.52 Å². The van der Waals surface area contributed by atoms with Crippen molar-refractivity contribution in [2.75, 3.05) is 18.4 Å². The van der Waals surface area contributed by atoms with Crippen LogP contribution in [0.1, 0.15) is 24.3 Å². The number of fused-ring (bicyclic) bond motifs is 1. The Kier molecular flexibility index (Phi) is 5.69. The van der Waals surface area contributed by atoms with Crippen LogP contribution in [-0.2, 0) is 11.3 Å². The Morgan fingerprint density at radius 1 is 1.09 bits per heavy atom. The molecule has 1 atom stereocenters. The maximum atomic E-state index is 12.9. The number of aryl methyl sites for hydroxylation is 1. The summed E-state index contributed by atoms with van der Waals surface area (Å²) in [6.07, 6.45) is 1.85. The van der Waals surface area contributed by atoms with E-state index >= 15 is 0 Å². The van der Waals surface area contributed by atoms with Gasteiger partial charge in [0.25, 0.3) is 0 Å². The highest BCUT2D eigenvalue weighted by atomic mass is 16.5. The molecule has 0 aliphatic carbocycles. The number of likely N-dealkylation sites (tertiary alicyclic amines) is 1. The second-order valence-electron chi connectivity index (χ2n) is 8.45. The van der Waals surface area contributed by atoms with Crippen molar-refractivity contribution in [3.8, 4) is 11.4 Å². The van der Waals surface area contributed by atoms with E-state index in [1.807, 2.05) is 61.5 Å². The molecule has 3 aromatic carbocycles. The fourth-order valence-electron chi connectivity index (χ4n) is 4.37. The van der Waals surface area contributed by atoms with E-state index in [1.54, 1.807) is 0 Å². The molecule has 1 N–H and O–H groups in total. The molecule has 1 aliphatic heterocycles. The zero-order valence-corrected chi connectivity index (χ0v) is 18.1. The summed E-state index contributed by atoms with van der Waals surface area (Å²) in [6, 6.07) is 22.2. The molecule has 1 saturated heterocycles. The van der Waals surface area contributed by atoms with Gasteiger partial charge in [0.15, 0.2) is 0 Å². The van der Waals surface area contributed by atoms with Gasteiger partial charge in [-0.15, -0.1) is 0 Å². The lowest BCUT2D eigenvalue weighted by atomic mass is 9.97. The first-order valence-electron chi connectivity index (χ1n) is 11.1. The van der Waals surface area contributed by atoms with Crippen LogP contribution in [0.5, 0.6) is 0 Å². The van der Waals surface area contributed by atoms with Crippen LogP contribution in [-0.4, -0.2) is 34.0 Å². The van der Waals surface area contributed by atoms with Gasteiger partial charge >= 0.3 is 0 Å². The highest BCUT2D eigenvalue weighted by Gasteiger charge is 2.27. The zero-order chi connectivity index (χ0) is 21.9. The van der Waals surface area contributed by atoms with E-state index in [1.165, 1.54) is 5.39 Å². The Hall–Kier alpha value is -3.51. The maximum absolute atomic E-state index is 12.9. The van der Waals surface area contributed by atoms with E-state index in [0.717, 1.165) is 41.6 Å². The van der Waals surface area contributed by atoms with Crippen molar-refractivity contribution < 1.29 is 9.32 Å². The van der Waals surface area contributed by atoms with Crippen LogP contribution in [0.3, 0.4) is 0 Å². The molecule has 0 spiro atoms. The number of hydrogen-bond donors (Lipinski definition) is 1. The summed E-state index contributed by atoms with van der Waals surface area (Å²) >= 11 is 0. The summed E-state index contributed by atoms with van der Waals surface area (Å²) in [7, 11) is 0. The van der Waals surface area contributed by atoms with Crippen molar-refractivity contribution in [1.29, 1.82) is 0 Å². The highest BCUT2D eigenvalue weighted by Crippen LogP contribution is 2.24. The molecular weight excluding hydrogens is 400 g/mol. The number of anilines is 1. The van der Waals surface area contributed by atoms with Gasteiger partial charge in [-0.1, -0.05) is 59.8 Å². The molecule has 0 radical (unpaired) electrons. The second-order valence-corrected chi connectivity index (χ2v) is 8.45. The summed E-state index contributed by atoms with van der Waals surface area (Å²) in [4.78, 5) is 19.7. The average Bonchev–Trinajstić information content (AvgIpc) is 3.27. The first kappa shape index (κ1) is 20.4. The predicted molar refractivity (Wildman–Crippen MR) is 125 cm³/mol. The van der Waals surface area contributed by atoms with Crippen molar-refractivity contribution in [1.82, 2.24) is 15.0 Å². The molecule has 6 heteroatoms.